The fourth-order valence-corrected chi connectivity index (χ4v) is 1.71. The summed E-state index contributed by atoms with van der Waals surface area (Å²) in [4.78, 5) is 4.27. The van der Waals surface area contributed by atoms with E-state index < -0.39 is 0 Å². The largest absolute Gasteiger partial charge is 0.439 e. The van der Waals surface area contributed by atoms with E-state index in [0.717, 1.165) is 11.3 Å². The number of benzene rings is 1. The molecule has 1 atom stereocenters. The molecule has 0 spiro atoms. The van der Waals surface area contributed by atoms with Crippen LogP contribution in [0.15, 0.2) is 42.6 Å². The van der Waals surface area contributed by atoms with Crippen LogP contribution in [-0.4, -0.2) is 12.0 Å². The zero-order valence-electron chi connectivity index (χ0n) is 10.4. The van der Waals surface area contributed by atoms with Gasteiger partial charge in [0.2, 0.25) is 5.88 Å². The number of aromatic nitrogens is 1. The highest BCUT2D eigenvalue weighted by atomic mass is 35.5. The highest BCUT2D eigenvalue weighted by Gasteiger charge is 2.11. The molecule has 1 unspecified atom stereocenters. The van der Waals surface area contributed by atoms with E-state index in [1.165, 1.54) is 0 Å². The molecule has 0 aliphatic rings. The summed E-state index contributed by atoms with van der Waals surface area (Å²) in [5.41, 5.74) is 1.02. The lowest BCUT2D eigenvalue weighted by molar-refractivity contribution is 0.447. The van der Waals surface area contributed by atoms with Crippen LogP contribution in [0, 0.1) is 0 Å². The molecular formula is C14H15ClN2O. The van der Waals surface area contributed by atoms with Crippen LogP contribution in [0.4, 0.5) is 0 Å². The average Bonchev–Trinajstić information content (AvgIpc) is 2.41. The molecule has 4 heteroatoms. The van der Waals surface area contributed by atoms with Crippen LogP contribution in [-0.2, 0) is 0 Å². The van der Waals surface area contributed by atoms with E-state index in [1.807, 2.05) is 31.3 Å². The lowest BCUT2D eigenvalue weighted by Crippen LogP contribution is -2.13. The molecule has 0 amide bonds. The molecule has 2 rings (SSSR count). The Morgan fingerprint density at radius 2 is 1.94 bits per heavy atom. The molecule has 0 bridgehead atoms. The second kappa shape index (κ2) is 5.85. The van der Waals surface area contributed by atoms with Gasteiger partial charge in [-0.15, -0.1) is 0 Å². The minimum atomic E-state index is 0.181. The van der Waals surface area contributed by atoms with Crippen molar-refractivity contribution in [1.29, 1.82) is 0 Å². The van der Waals surface area contributed by atoms with E-state index in [0.29, 0.717) is 10.9 Å². The maximum Gasteiger partial charge on any atom is 0.223 e. The molecule has 1 aromatic heterocycles. The second-order valence-electron chi connectivity index (χ2n) is 3.96. The predicted octanol–water partition coefficient (Wildman–Crippen LogP) is 3.81. The maximum absolute atomic E-state index is 5.84. The molecule has 94 valence electrons. The third kappa shape index (κ3) is 3.00. The van der Waals surface area contributed by atoms with E-state index in [9.17, 15) is 0 Å². The van der Waals surface area contributed by atoms with Crippen molar-refractivity contribution in [3.05, 3.63) is 53.2 Å². The summed E-state index contributed by atoms with van der Waals surface area (Å²) in [7, 11) is 1.91. The Labute approximate surface area is 112 Å². The van der Waals surface area contributed by atoms with Gasteiger partial charge in [-0.25, -0.2) is 4.98 Å². The first-order valence-electron chi connectivity index (χ1n) is 5.76. The molecule has 3 nitrogen and oxygen atoms in total. The molecule has 0 aliphatic heterocycles. The van der Waals surface area contributed by atoms with Gasteiger partial charge in [-0.1, -0.05) is 17.7 Å². The Balaban J connectivity index is 2.26. The Morgan fingerprint density at radius 1 is 1.22 bits per heavy atom. The van der Waals surface area contributed by atoms with Crippen LogP contribution >= 0.6 is 11.6 Å². The number of nitrogens with one attached hydrogen (secondary N) is 1. The third-order valence-corrected chi connectivity index (χ3v) is 2.98. The number of hydrogen-bond donors (Lipinski definition) is 1. The van der Waals surface area contributed by atoms with Crippen molar-refractivity contribution in [2.75, 3.05) is 7.05 Å². The monoisotopic (exact) mass is 262 g/mol. The van der Waals surface area contributed by atoms with Crippen molar-refractivity contribution in [3.8, 4) is 11.6 Å². The first-order valence-corrected chi connectivity index (χ1v) is 6.14. The molecule has 0 radical (unpaired) electrons. The van der Waals surface area contributed by atoms with Crippen LogP contribution in [0.2, 0.25) is 5.02 Å². The van der Waals surface area contributed by atoms with Gasteiger partial charge < -0.3 is 10.1 Å². The quantitative estimate of drug-likeness (QED) is 0.910. The summed E-state index contributed by atoms with van der Waals surface area (Å²) < 4.78 is 5.78. The number of rotatable bonds is 4. The van der Waals surface area contributed by atoms with Crippen LogP contribution in [0.3, 0.4) is 0 Å². The first-order chi connectivity index (χ1) is 8.70. The molecule has 0 aliphatic carbocycles. The van der Waals surface area contributed by atoms with Gasteiger partial charge in [0.25, 0.3) is 0 Å². The van der Waals surface area contributed by atoms with Crippen LogP contribution in [0.5, 0.6) is 11.6 Å². The zero-order valence-corrected chi connectivity index (χ0v) is 11.1. The smallest absolute Gasteiger partial charge is 0.223 e. The van der Waals surface area contributed by atoms with Gasteiger partial charge in [-0.3, -0.25) is 0 Å². The molecule has 1 N–H and O–H groups in total. The Hall–Kier alpha value is -1.58. The second-order valence-corrected chi connectivity index (χ2v) is 4.40. The number of pyridine rings is 1. The number of nitrogens with zero attached hydrogens (tertiary/aromatic N) is 1. The van der Waals surface area contributed by atoms with Gasteiger partial charge in [0, 0.05) is 22.8 Å². The van der Waals surface area contributed by atoms with Crippen molar-refractivity contribution in [2.24, 2.45) is 0 Å². The van der Waals surface area contributed by atoms with Crippen LogP contribution in [0.1, 0.15) is 18.5 Å². The summed E-state index contributed by atoms with van der Waals surface area (Å²) in [5.74, 6) is 1.34. The van der Waals surface area contributed by atoms with Gasteiger partial charge in [0.1, 0.15) is 5.75 Å². The summed E-state index contributed by atoms with van der Waals surface area (Å²) in [5, 5.41) is 3.86. The highest BCUT2D eigenvalue weighted by molar-refractivity contribution is 6.30. The zero-order chi connectivity index (χ0) is 13.0. The van der Waals surface area contributed by atoms with Crippen molar-refractivity contribution in [2.45, 2.75) is 13.0 Å². The van der Waals surface area contributed by atoms with E-state index >= 15 is 0 Å². The normalized spacial score (nSPS) is 12.2. The van der Waals surface area contributed by atoms with Gasteiger partial charge >= 0.3 is 0 Å². The van der Waals surface area contributed by atoms with Crippen LogP contribution < -0.4 is 10.1 Å². The van der Waals surface area contributed by atoms with E-state index in [1.54, 1.807) is 18.3 Å². The number of halogens is 1. The summed E-state index contributed by atoms with van der Waals surface area (Å²) in [6.07, 6.45) is 1.72. The van der Waals surface area contributed by atoms with Crippen molar-refractivity contribution in [1.82, 2.24) is 10.3 Å². The van der Waals surface area contributed by atoms with Crippen molar-refractivity contribution < 1.29 is 4.74 Å². The van der Waals surface area contributed by atoms with Gasteiger partial charge in [-0.2, -0.15) is 0 Å². The first kappa shape index (κ1) is 12.9. The standard InChI is InChI=1S/C14H15ClN2O/c1-10(16-2)13-4-3-9-17-14(13)18-12-7-5-11(15)6-8-12/h3-10,16H,1-2H3. The van der Waals surface area contributed by atoms with Crippen LogP contribution in [0.25, 0.3) is 0 Å². The molecule has 0 fully saturated rings. The number of hydrogen-bond acceptors (Lipinski definition) is 3. The van der Waals surface area contributed by atoms with E-state index in [4.69, 9.17) is 16.3 Å². The Bertz CT molecular complexity index is 513. The molecule has 18 heavy (non-hydrogen) atoms. The maximum atomic E-state index is 5.84. The van der Waals surface area contributed by atoms with E-state index in [-0.39, 0.29) is 6.04 Å². The predicted molar refractivity (Wildman–Crippen MR) is 73.2 cm³/mol. The fourth-order valence-electron chi connectivity index (χ4n) is 1.59. The topological polar surface area (TPSA) is 34.2 Å². The number of ether oxygens (including phenoxy) is 1. The average molecular weight is 263 g/mol. The highest BCUT2D eigenvalue weighted by Crippen LogP contribution is 2.27. The van der Waals surface area contributed by atoms with E-state index in [2.05, 4.69) is 17.2 Å². The van der Waals surface area contributed by atoms with Gasteiger partial charge in [0.15, 0.2) is 0 Å². The minimum Gasteiger partial charge on any atom is -0.439 e. The van der Waals surface area contributed by atoms with Crippen molar-refractivity contribution in [3.63, 3.8) is 0 Å². The van der Waals surface area contributed by atoms with Crippen molar-refractivity contribution >= 4 is 11.6 Å². The molecule has 1 aromatic carbocycles. The Kier molecular flexibility index (Phi) is 4.18. The third-order valence-electron chi connectivity index (χ3n) is 2.73. The summed E-state index contributed by atoms with van der Waals surface area (Å²) in [6, 6.07) is 11.3. The fraction of sp³-hybridized carbons (Fsp3) is 0.214. The summed E-state index contributed by atoms with van der Waals surface area (Å²) >= 11 is 5.84. The molecule has 1 heterocycles. The van der Waals surface area contributed by atoms with Gasteiger partial charge in [-0.05, 0) is 44.3 Å². The molecule has 2 aromatic rings. The Morgan fingerprint density at radius 3 is 2.61 bits per heavy atom. The molecule has 0 saturated heterocycles. The molecular weight excluding hydrogens is 248 g/mol. The lowest BCUT2D eigenvalue weighted by Gasteiger charge is -2.14. The molecule has 0 saturated carbocycles. The summed E-state index contributed by atoms with van der Waals surface area (Å²) in [6.45, 7) is 2.06. The minimum absolute atomic E-state index is 0.181. The SMILES string of the molecule is CNC(C)c1cccnc1Oc1ccc(Cl)cc1. The lowest BCUT2D eigenvalue weighted by atomic mass is 10.1. The van der Waals surface area contributed by atoms with Gasteiger partial charge in [0.05, 0.1) is 0 Å².